The second kappa shape index (κ2) is 6.41. The fourth-order valence-electron chi connectivity index (χ4n) is 2.62. The van der Waals surface area contributed by atoms with E-state index < -0.39 is 0 Å². The van der Waals surface area contributed by atoms with Gasteiger partial charge in [-0.05, 0) is 42.9 Å². The third-order valence-corrected chi connectivity index (χ3v) is 4.11. The van der Waals surface area contributed by atoms with E-state index in [4.69, 9.17) is 0 Å². The molecule has 23 heavy (non-hydrogen) atoms. The molecular formula is C19H23N3O. The van der Waals surface area contributed by atoms with Crippen LogP contribution in [0, 0.1) is 6.92 Å². The van der Waals surface area contributed by atoms with E-state index in [2.05, 4.69) is 54.6 Å². The van der Waals surface area contributed by atoms with E-state index in [-0.39, 0.29) is 5.91 Å². The highest BCUT2D eigenvalue weighted by Crippen LogP contribution is 2.30. The van der Waals surface area contributed by atoms with Crippen LogP contribution < -0.4 is 10.6 Å². The molecule has 1 heterocycles. The molecule has 2 aromatic rings. The van der Waals surface area contributed by atoms with Crippen LogP contribution in [0.25, 0.3) is 0 Å². The number of pyridine rings is 1. The van der Waals surface area contributed by atoms with Gasteiger partial charge in [-0.15, -0.1) is 0 Å². The van der Waals surface area contributed by atoms with E-state index in [1.54, 1.807) is 12.4 Å². The van der Waals surface area contributed by atoms with Crippen LogP contribution in [0.4, 0.5) is 11.4 Å². The molecule has 4 nitrogen and oxygen atoms in total. The van der Waals surface area contributed by atoms with Gasteiger partial charge < -0.3 is 10.6 Å². The highest BCUT2D eigenvalue weighted by atomic mass is 16.1. The molecule has 1 aliphatic carbocycles. The van der Waals surface area contributed by atoms with Crippen molar-refractivity contribution < 1.29 is 4.79 Å². The lowest BCUT2D eigenvalue weighted by Crippen LogP contribution is -2.25. The molecule has 0 saturated heterocycles. The third-order valence-electron chi connectivity index (χ3n) is 4.11. The van der Waals surface area contributed by atoms with Gasteiger partial charge in [0.25, 0.3) is 5.91 Å². The molecule has 1 aliphatic rings. The Hall–Kier alpha value is -2.36. The number of hydrogen-bond donors (Lipinski definition) is 2. The van der Waals surface area contributed by atoms with Crippen molar-refractivity contribution in [3.8, 4) is 0 Å². The molecule has 0 atom stereocenters. The fourth-order valence-corrected chi connectivity index (χ4v) is 2.62. The van der Waals surface area contributed by atoms with Crippen molar-refractivity contribution in [2.24, 2.45) is 0 Å². The van der Waals surface area contributed by atoms with Crippen molar-refractivity contribution >= 4 is 17.3 Å². The van der Waals surface area contributed by atoms with Crippen molar-refractivity contribution in [3.05, 3.63) is 53.3 Å². The summed E-state index contributed by atoms with van der Waals surface area (Å²) >= 11 is 0. The number of para-hydroxylation sites is 1. The summed E-state index contributed by atoms with van der Waals surface area (Å²) in [7, 11) is 0. The standard InChI is InChI=1S/C19H23N3O/c1-12(2)17-6-4-5-13(3)18(17)21-16-9-14(10-20-11-16)19(23)22-15-7-8-15/h4-6,9-12,15,21H,7-8H2,1-3H3,(H,22,23). The van der Waals surface area contributed by atoms with Crippen LogP contribution in [0.15, 0.2) is 36.7 Å². The summed E-state index contributed by atoms with van der Waals surface area (Å²) < 4.78 is 0. The predicted molar refractivity (Wildman–Crippen MR) is 93.3 cm³/mol. The zero-order valence-electron chi connectivity index (χ0n) is 13.9. The number of nitrogens with zero attached hydrogens (tertiary/aromatic N) is 1. The Labute approximate surface area is 137 Å². The summed E-state index contributed by atoms with van der Waals surface area (Å²) in [4.78, 5) is 16.4. The smallest absolute Gasteiger partial charge is 0.253 e. The number of aryl methyl sites for hydroxylation is 1. The van der Waals surface area contributed by atoms with Crippen molar-refractivity contribution in [1.29, 1.82) is 0 Å². The molecule has 0 radical (unpaired) electrons. The molecule has 1 fully saturated rings. The second-order valence-electron chi connectivity index (χ2n) is 6.53. The first-order chi connectivity index (χ1) is 11.0. The molecule has 1 amide bonds. The molecule has 2 N–H and O–H groups in total. The minimum Gasteiger partial charge on any atom is -0.354 e. The van der Waals surface area contributed by atoms with E-state index in [1.807, 2.05) is 6.07 Å². The number of anilines is 2. The van der Waals surface area contributed by atoms with E-state index in [0.717, 1.165) is 24.2 Å². The first-order valence-corrected chi connectivity index (χ1v) is 8.17. The Bertz CT molecular complexity index is 720. The van der Waals surface area contributed by atoms with Crippen molar-refractivity contribution in [1.82, 2.24) is 10.3 Å². The molecule has 0 unspecified atom stereocenters. The van der Waals surface area contributed by atoms with Gasteiger partial charge in [-0.1, -0.05) is 32.0 Å². The number of hydrogen-bond acceptors (Lipinski definition) is 3. The summed E-state index contributed by atoms with van der Waals surface area (Å²) in [5, 5.41) is 6.44. The first-order valence-electron chi connectivity index (χ1n) is 8.17. The highest BCUT2D eigenvalue weighted by Gasteiger charge is 2.24. The van der Waals surface area contributed by atoms with Gasteiger partial charge in [0.05, 0.1) is 17.4 Å². The maximum atomic E-state index is 12.2. The molecule has 0 aliphatic heterocycles. The molecule has 1 aromatic heterocycles. The summed E-state index contributed by atoms with van der Waals surface area (Å²) in [5.41, 5.74) is 4.98. The fraction of sp³-hybridized carbons (Fsp3) is 0.368. The number of aromatic nitrogens is 1. The lowest BCUT2D eigenvalue weighted by Gasteiger charge is -2.17. The molecular weight excluding hydrogens is 286 g/mol. The molecule has 1 aromatic carbocycles. The van der Waals surface area contributed by atoms with Crippen LogP contribution in [0.5, 0.6) is 0 Å². The maximum absolute atomic E-state index is 12.2. The van der Waals surface area contributed by atoms with E-state index in [0.29, 0.717) is 17.5 Å². The SMILES string of the molecule is Cc1cccc(C(C)C)c1Nc1cncc(C(=O)NC2CC2)c1. The molecule has 0 spiro atoms. The minimum atomic E-state index is -0.0440. The van der Waals surface area contributed by atoms with Crippen LogP contribution in [0.2, 0.25) is 0 Å². The number of benzene rings is 1. The Morgan fingerprint density at radius 2 is 2.04 bits per heavy atom. The first kappa shape index (κ1) is 15.5. The monoisotopic (exact) mass is 309 g/mol. The van der Waals surface area contributed by atoms with Gasteiger partial charge in [-0.25, -0.2) is 0 Å². The predicted octanol–water partition coefficient (Wildman–Crippen LogP) is 4.15. The lowest BCUT2D eigenvalue weighted by molar-refractivity contribution is 0.0951. The van der Waals surface area contributed by atoms with E-state index >= 15 is 0 Å². The zero-order chi connectivity index (χ0) is 16.4. The van der Waals surface area contributed by atoms with Crippen LogP contribution >= 0.6 is 0 Å². The summed E-state index contributed by atoms with van der Waals surface area (Å²) in [6.45, 7) is 6.45. The highest BCUT2D eigenvalue weighted by molar-refractivity contribution is 5.95. The molecule has 4 heteroatoms. The Morgan fingerprint density at radius 1 is 1.26 bits per heavy atom. The van der Waals surface area contributed by atoms with Crippen molar-refractivity contribution in [2.75, 3.05) is 5.32 Å². The number of carbonyl (C=O) groups is 1. The third kappa shape index (κ3) is 3.70. The van der Waals surface area contributed by atoms with Gasteiger partial charge in [-0.3, -0.25) is 9.78 Å². The zero-order valence-corrected chi connectivity index (χ0v) is 13.9. The van der Waals surface area contributed by atoms with Gasteiger partial charge in [0, 0.05) is 17.9 Å². The number of rotatable bonds is 5. The number of amides is 1. The van der Waals surface area contributed by atoms with Gasteiger partial charge in [0.1, 0.15) is 0 Å². The average molecular weight is 309 g/mol. The number of nitrogens with one attached hydrogen (secondary N) is 2. The largest absolute Gasteiger partial charge is 0.354 e. The molecule has 3 rings (SSSR count). The van der Waals surface area contributed by atoms with E-state index in [9.17, 15) is 4.79 Å². The van der Waals surface area contributed by atoms with Crippen LogP contribution in [0.1, 0.15) is 54.1 Å². The van der Waals surface area contributed by atoms with Crippen molar-refractivity contribution in [3.63, 3.8) is 0 Å². The van der Waals surface area contributed by atoms with Gasteiger partial charge in [-0.2, -0.15) is 0 Å². The molecule has 120 valence electrons. The van der Waals surface area contributed by atoms with Crippen LogP contribution in [-0.4, -0.2) is 16.9 Å². The molecule has 0 bridgehead atoms. The Kier molecular flexibility index (Phi) is 4.33. The summed E-state index contributed by atoms with van der Waals surface area (Å²) in [6, 6.07) is 8.51. The van der Waals surface area contributed by atoms with Crippen molar-refractivity contribution in [2.45, 2.75) is 45.6 Å². The normalized spacial score (nSPS) is 13.9. The second-order valence-corrected chi connectivity index (χ2v) is 6.53. The topological polar surface area (TPSA) is 54.0 Å². The van der Waals surface area contributed by atoms with Gasteiger partial charge in [0.2, 0.25) is 0 Å². The average Bonchev–Trinajstić information content (AvgIpc) is 3.33. The maximum Gasteiger partial charge on any atom is 0.253 e. The Morgan fingerprint density at radius 3 is 2.74 bits per heavy atom. The summed E-state index contributed by atoms with van der Waals surface area (Å²) in [6.07, 6.45) is 5.53. The lowest BCUT2D eigenvalue weighted by atomic mass is 9.98. The van der Waals surface area contributed by atoms with E-state index in [1.165, 1.54) is 11.1 Å². The molecule has 1 saturated carbocycles. The van der Waals surface area contributed by atoms with Gasteiger partial charge in [0.15, 0.2) is 0 Å². The summed E-state index contributed by atoms with van der Waals surface area (Å²) in [5.74, 6) is 0.379. The van der Waals surface area contributed by atoms with Crippen LogP contribution in [-0.2, 0) is 0 Å². The quantitative estimate of drug-likeness (QED) is 0.872. The Balaban J connectivity index is 1.84. The minimum absolute atomic E-state index is 0.0440. The van der Waals surface area contributed by atoms with Crippen LogP contribution in [0.3, 0.4) is 0 Å². The van der Waals surface area contributed by atoms with Gasteiger partial charge >= 0.3 is 0 Å². The number of carbonyl (C=O) groups excluding carboxylic acids is 1.